The fourth-order valence-electron chi connectivity index (χ4n) is 1.79. The maximum atomic E-state index is 12.3. The molecular weight excluding hydrogens is 366 g/mol. The number of azide groups is 1. The van der Waals surface area contributed by atoms with Gasteiger partial charge in [0.25, 0.3) is 10.0 Å². The minimum atomic E-state index is -4.31. The average molecular weight is 379 g/mol. The molecule has 0 spiro atoms. The fraction of sp³-hybridized carbons (Fsp3) is 0.154. The molecule has 2 aromatic rings. The summed E-state index contributed by atoms with van der Waals surface area (Å²) in [4.78, 5) is 21.9. The Hall–Kier alpha value is -3.57. The van der Waals surface area contributed by atoms with Gasteiger partial charge in [-0.05, 0) is 11.6 Å². The summed E-state index contributed by atoms with van der Waals surface area (Å²) in [5, 5.41) is 5.44. The summed E-state index contributed by atoms with van der Waals surface area (Å²) in [5.41, 5.74) is 8.35. The molecule has 0 aliphatic rings. The highest BCUT2D eigenvalue weighted by Crippen LogP contribution is 2.24. The molecule has 0 saturated heterocycles. The van der Waals surface area contributed by atoms with Crippen LogP contribution in [0.25, 0.3) is 10.4 Å². The molecule has 0 bridgehead atoms. The van der Waals surface area contributed by atoms with Gasteiger partial charge in [-0.25, -0.2) is 17.9 Å². The lowest BCUT2D eigenvalue weighted by molar-refractivity contribution is 0.256. The Morgan fingerprint density at radius 1 is 1.19 bits per heavy atom. The van der Waals surface area contributed by atoms with Gasteiger partial charge in [0, 0.05) is 4.91 Å². The Morgan fingerprint density at radius 2 is 1.81 bits per heavy atom. The molecule has 0 atom stereocenters. The zero-order valence-corrected chi connectivity index (χ0v) is 14.4. The number of nitrogens with zero attached hydrogens (tertiary/aromatic N) is 5. The number of methoxy groups -OCH3 is 2. The number of carbonyl (C=O) groups is 1. The molecular formula is C13H13N7O5S. The molecule has 0 aliphatic carbocycles. The lowest BCUT2D eigenvalue weighted by Gasteiger charge is -2.10. The van der Waals surface area contributed by atoms with E-state index in [1.807, 2.05) is 0 Å². The number of anilines is 1. The molecule has 1 heterocycles. The number of nitrogens with one attached hydrogen (secondary N) is 2. The van der Waals surface area contributed by atoms with Crippen molar-refractivity contribution in [3.8, 4) is 11.8 Å². The predicted molar refractivity (Wildman–Crippen MR) is 89.7 cm³/mol. The molecule has 0 unspecified atom stereocenters. The smallest absolute Gasteiger partial charge is 0.335 e. The Balaban J connectivity index is 2.23. The van der Waals surface area contributed by atoms with Gasteiger partial charge in [0.1, 0.15) is 0 Å². The number of hydrogen-bond donors (Lipinski definition) is 2. The van der Waals surface area contributed by atoms with Crippen LogP contribution in [0.1, 0.15) is 0 Å². The van der Waals surface area contributed by atoms with Crippen LogP contribution in [0.15, 0.2) is 40.3 Å². The Bertz CT molecular complexity index is 950. The van der Waals surface area contributed by atoms with E-state index in [0.29, 0.717) is 0 Å². The normalized spacial score (nSPS) is 10.4. The molecule has 2 rings (SSSR count). The van der Waals surface area contributed by atoms with Gasteiger partial charge in [-0.15, -0.1) is 0 Å². The molecule has 0 fully saturated rings. The van der Waals surface area contributed by atoms with Crippen molar-refractivity contribution in [1.29, 1.82) is 0 Å². The minimum Gasteiger partial charge on any atom is -0.481 e. The molecule has 13 heteroatoms. The van der Waals surface area contributed by atoms with E-state index in [1.54, 1.807) is 4.72 Å². The number of ether oxygens (including phenoxy) is 2. The Morgan fingerprint density at radius 3 is 2.38 bits per heavy atom. The van der Waals surface area contributed by atoms with Gasteiger partial charge in [0.15, 0.2) is 0 Å². The summed E-state index contributed by atoms with van der Waals surface area (Å²) in [7, 11) is -1.61. The van der Waals surface area contributed by atoms with Crippen molar-refractivity contribution < 1.29 is 22.7 Å². The van der Waals surface area contributed by atoms with Crippen LogP contribution in [0.4, 0.5) is 16.4 Å². The van der Waals surface area contributed by atoms with Gasteiger partial charge in [0.05, 0.1) is 30.9 Å². The zero-order chi connectivity index (χ0) is 19.2. The van der Waals surface area contributed by atoms with E-state index in [-0.39, 0.29) is 28.3 Å². The highest BCUT2D eigenvalue weighted by molar-refractivity contribution is 7.90. The monoisotopic (exact) mass is 379 g/mol. The third kappa shape index (κ3) is 4.49. The van der Waals surface area contributed by atoms with Crippen molar-refractivity contribution in [2.24, 2.45) is 5.11 Å². The van der Waals surface area contributed by atoms with Crippen molar-refractivity contribution in [3.05, 3.63) is 40.8 Å². The highest BCUT2D eigenvalue weighted by atomic mass is 32.2. The Kier molecular flexibility index (Phi) is 5.78. The quantitative estimate of drug-likeness (QED) is 0.439. The summed E-state index contributed by atoms with van der Waals surface area (Å²) in [5.74, 6) is -0.0374. The van der Waals surface area contributed by atoms with Gasteiger partial charge in [0.2, 0.25) is 17.7 Å². The third-order valence-electron chi connectivity index (χ3n) is 2.86. The number of urea groups is 1. The SMILES string of the molecule is COc1cc(OC)nc(NC(=O)NS(=O)(=O)c2ccccc2N=[N+]=[N-])n1. The molecule has 2 N–H and O–H groups in total. The van der Waals surface area contributed by atoms with E-state index < -0.39 is 16.1 Å². The number of aromatic nitrogens is 2. The van der Waals surface area contributed by atoms with E-state index in [4.69, 9.17) is 15.0 Å². The van der Waals surface area contributed by atoms with Gasteiger partial charge in [-0.3, -0.25) is 5.32 Å². The van der Waals surface area contributed by atoms with E-state index in [1.165, 1.54) is 44.6 Å². The van der Waals surface area contributed by atoms with Crippen molar-refractivity contribution in [3.63, 3.8) is 0 Å². The predicted octanol–water partition coefficient (Wildman–Crippen LogP) is 1.95. The van der Waals surface area contributed by atoms with Crippen LogP contribution in [0.2, 0.25) is 0 Å². The largest absolute Gasteiger partial charge is 0.481 e. The summed E-state index contributed by atoms with van der Waals surface area (Å²) in [6.45, 7) is 0. The zero-order valence-electron chi connectivity index (χ0n) is 13.6. The van der Waals surface area contributed by atoms with Gasteiger partial charge >= 0.3 is 6.03 Å². The van der Waals surface area contributed by atoms with Crippen LogP contribution in [-0.4, -0.2) is 38.6 Å². The van der Waals surface area contributed by atoms with Crippen LogP contribution in [0.5, 0.6) is 11.8 Å². The van der Waals surface area contributed by atoms with Gasteiger partial charge in [-0.2, -0.15) is 9.97 Å². The standard InChI is InChI=1S/C13H13N7O5S/c1-24-10-7-11(25-2)16-12(15-10)17-13(21)19-26(22,23)9-6-4-3-5-8(9)18-20-14/h3-7H,1-2H3,(H2,15,16,17,19,21). The number of rotatable bonds is 6. The van der Waals surface area contributed by atoms with Crippen molar-refractivity contribution >= 4 is 27.7 Å². The van der Waals surface area contributed by atoms with E-state index in [2.05, 4.69) is 25.3 Å². The highest BCUT2D eigenvalue weighted by Gasteiger charge is 2.21. The lowest BCUT2D eigenvalue weighted by Crippen LogP contribution is -2.35. The van der Waals surface area contributed by atoms with Crippen LogP contribution >= 0.6 is 0 Å². The van der Waals surface area contributed by atoms with Crippen LogP contribution < -0.4 is 19.5 Å². The number of carbonyl (C=O) groups excluding carboxylic acids is 1. The van der Waals surface area contributed by atoms with Crippen molar-refractivity contribution in [1.82, 2.24) is 14.7 Å². The van der Waals surface area contributed by atoms with Crippen molar-refractivity contribution in [2.75, 3.05) is 19.5 Å². The average Bonchev–Trinajstić information content (AvgIpc) is 2.61. The maximum absolute atomic E-state index is 12.3. The lowest BCUT2D eigenvalue weighted by atomic mass is 10.3. The molecule has 2 amide bonds. The molecule has 1 aromatic heterocycles. The number of hydrogen-bond acceptors (Lipinski definition) is 8. The fourth-order valence-corrected chi connectivity index (χ4v) is 2.84. The van der Waals surface area contributed by atoms with Crippen LogP contribution in [0.3, 0.4) is 0 Å². The van der Waals surface area contributed by atoms with Gasteiger partial charge in [-0.1, -0.05) is 23.3 Å². The maximum Gasteiger partial charge on any atom is 0.335 e. The van der Waals surface area contributed by atoms with E-state index in [0.717, 1.165) is 0 Å². The van der Waals surface area contributed by atoms with Crippen LogP contribution in [-0.2, 0) is 10.0 Å². The minimum absolute atomic E-state index is 0.101. The number of sulfonamides is 1. The third-order valence-corrected chi connectivity index (χ3v) is 4.24. The molecule has 136 valence electrons. The molecule has 1 aromatic carbocycles. The second-order valence-electron chi connectivity index (χ2n) is 4.49. The first-order valence-corrected chi connectivity index (χ1v) is 8.33. The van der Waals surface area contributed by atoms with Crippen molar-refractivity contribution in [2.45, 2.75) is 4.90 Å². The summed E-state index contributed by atoms with van der Waals surface area (Å²) in [6, 6.07) is 5.62. The first kappa shape index (κ1) is 18.8. The molecule has 0 saturated carbocycles. The topological polar surface area (TPSA) is 168 Å². The summed E-state index contributed by atoms with van der Waals surface area (Å²) >= 11 is 0. The molecule has 0 aliphatic heterocycles. The first-order chi connectivity index (χ1) is 12.4. The number of benzene rings is 1. The molecule has 0 radical (unpaired) electrons. The number of amides is 2. The Labute approximate surface area is 147 Å². The molecule has 26 heavy (non-hydrogen) atoms. The second-order valence-corrected chi connectivity index (χ2v) is 6.14. The first-order valence-electron chi connectivity index (χ1n) is 6.84. The second kappa shape index (κ2) is 8.00. The summed E-state index contributed by atoms with van der Waals surface area (Å²) in [6.07, 6.45) is 0. The summed E-state index contributed by atoms with van der Waals surface area (Å²) < 4.78 is 36.3. The van der Waals surface area contributed by atoms with E-state index in [9.17, 15) is 13.2 Å². The van der Waals surface area contributed by atoms with Gasteiger partial charge < -0.3 is 9.47 Å². The molecule has 12 nitrogen and oxygen atoms in total. The van der Waals surface area contributed by atoms with Crippen LogP contribution in [0, 0.1) is 0 Å². The van der Waals surface area contributed by atoms with E-state index >= 15 is 0 Å².